The highest BCUT2D eigenvalue weighted by molar-refractivity contribution is 14.0. The van der Waals surface area contributed by atoms with Gasteiger partial charge < -0.3 is 15.8 Å². The van der Waals surface area contributed by atoms with Crippen molar-refractivity contribution in [1.29, 1.82) is 0 Å². The molecule has 4 rings (SSSR count). The van der Waals surface area contributed by atoms with Crippen LogP contribution in [0.15, 0.2) is 47.5 Å². The van der Waals surface area contributed by atoms with Gasteiger partial charge >= 0.3 is 0 Å². The smallest absolute Gasteiger partial charge is 0.189 e. The first kappa shape index (κ1) is 19.2. The minimum atomic E-state index is -0.268. The van der Waals surface area contributed by atoms with Crippen molar-refractivity contribution in [2.45, 2.75) is 30.8 Å². The molecule has 3 N–H and O–H groups in total. The van der Waals surface area contributed by atoms with Gasteiger partial charge in [0, 0.05) is 34.5 Å². The molecule has 4 nitrogen and oxygen atoms in total. The number of nitrogens with zero attached hydrogens (tertiary/aromatic N) is 1. The minimum Gasteiger partial charge on any atom is -0.493 e. The molecule has 26 heavy (non-hydrogen) atoms. The third kappa shape index (κ3) is 3.91. The van der Waals surface area contributed by atoms with Crippen LogP contribution in [0.2, 0.25) is 5.02 Å². The first-order valence-corrected chi connectivity index (χ1v) is 8.76. The second-order valence-corrected chi connectivity index (χ2v) is 6.84. The molecule has 3 atom stereocenters. The molecular formula is C19H20ClFIN3O. The van der Waals surface area contributed by atoms with E-state index in [9.17, 15) is 4.39 Å². The molecule has 2 aliphatic rings. The summed E-state index contributed by atoms with van der Waals surface area (Å²) in [6.07, 6.45) is 1.58. The van der Waals surface area contributed by atoms with Gasteiger partial charge in [-0.3, -0.25) is 0 Å². The number of para-hydroxylation sites is 1. The lowest BCUT2D eigenvalue weighted by atomic mass is 10.0. The summed E-state index contributed by atoms with van der Waals surface area (Å²) in [7, 11) is 0. The fourth-order valence-corrected chi connectivity index (χ4v) is 3.69. The quantitative estimate of drug-likeness (QED) is 0.384. The van der Waals surface area contributed by atoms with Crippen LogP contribution < -0.4 is 15.8 Å². The Morgan fingerprint density at radius 1 is 1.23 bits per heavy atom. The molecule has 3 unspecified atom stereocenters. The van der Waals surface area contributed by atoms with E-state index in [1.807, 2.05) is 24.3 Å². The number of fused-ring (bicyclic) bond motifs is 1. The van der Waals surface area contributed by atoms with Crippen LogP contribution in [0.3, 0.4) is 0 Å². The fourth-order valence-electron chi connectivity index (χ4n) is 3.39. The standard InChI is InChI=1S/C19H19ClFN3O.HI/c20-13-5-3-6-14(21)18(13)12-10-16(12)24-19(22)23-15-8-9-25-17-7-2-1-4-11(15)17;/h1-7,12,15-16H,8-10H2,(H3,22,23,24);1H. The Kier molecular flexibility index (Phi) is 5.92. The van der Waals surface area contributed by atoms with Gasteiger partial charge in [-0.25, -0.2) is 9.38 Å². The highest BCUT2D eigenvalue weighted by Crippen LogP contribution is 2.45. The number of ether oxygens (including phenoxy) is 1. The van der Waals surface area contributed by atoms with Crippen molar-refractivity contribution in [1.82, 2.24) is 5.32 Å². The number of hydrogen-bond donors (Lipinski definition) is 2. The molecule has 0 radical (unpaired) electrons. The summed E-state index contributed by atoms with van der Waals surface area (Å²) in [5.41, 5.74) is 7.70. The number of nitrogens with two attached hydrogens (primary N) is 1. The van der Waals surface area contributed by atoms with Crippen LogP contribution in [0.1, 0.15) is 35.9 Å². The van der Waals surface area contributed by atoms with E-state index in [1.54, 1.807) is 12.1 Å². The predicted molar refractivity (Wildman–Crippen MR) is 112 cm³/mol. The summed E-state index contributed by atoms with van der Waals surface area (Å²) >= 11 is 6.14. The molecule has 0 saturated heterocycles. The maximum atomic E-state index is 14.0. The molecule has 1 heterocycles. The lowest BCUT2D eigenvalue weighted by Crippen LogP contribution is -2.35. The van der Waals surface area contributed by atoms with E-state index in [1.165, 1.54) is 6.07 Å². The Labute approximate surface area is 174 Å². The average molecular weight is 488 g/mol. The van der Waals surface area contributed by atoms with Gasteiger partial charge in [-0.1, -0.05) is 35.9 Å². The maximum absolute atomic E-state index is 14.0. The van der Waals surface area contributed by atoms with Crippen molar-refractivity contribution in [2.24, 2.45) is 10.7 Å². The van der Waals surface area contributed by atoms with E-state index in [0.717, 1.165) is 24.2 Å². The Hall–Kier alpha value is -1.54. The lowest BCUT2D eigenvalue weighted by molar-refractivity contribution is 0.269. The number of guanidine groups is 1. The van der Waals surface area contributed by atoms with Crippen LogP contribution in [-0.4, -0.2) is 18.6 Å². The Bertz CT molecular complexity index is 812. The van der Waals surface area contributed by atoms with Crippen molar-refractivity contribution in [3.63, 3.8) is 0 Å². The molecule has 1 aliphatic heterocycles. The molecule has 138 valence electrons. The summed E-state index contributed by atoms with van der Waals surface area (Å²) in [5, 5.41) is 3.66. The van der Waals surface area contributed by atoms with E-state index in [4.69, 9.17) is 22.1 Å². The molecule has 1 aliphatic carbocycles. The number of nitrogens with one attached hydrogen (secondary N) is 1. The normalized spacial score (nSPS) is 24.1. The second kappa shape index (κ2) is 8.00. The van der Waals surface area contributed by atoms with Crippen LogP contribution in [-0.2, 0) is 0 Å². The number of rotatable bonds is 3. The van der Waals surface area contributed by atoms with Crippen LogP contribution in [0.4, 0.5) is 4.39 Å². The van der Waals surface area contributed by atoms with Gasteiger partial charge in [0.2, 0.25) is 0 Å². The molecule has 2 aromatic carbocycles. The third-order valence-electron chi connectivity index (χ3n) is 4.72. The number of aliphatic imine (C=N–C) groups is 1. The highest BCUT2D eigenvalue weighted by atomic mass is 127. The zero-order valence-corrected chi connectivity index (χ0v) is 17.1. The van der Waals surface area contributed by atoms with Crippen molar-refractivity contribution in [3.05, 3.63) is 64.4 Å². The van der Waals surface area contributed by atoms with Crippen LogP contribution in [0.25, 0.3) is 0 Å². The summed E-state index contributed by atoms with van der Waals surface area (Å²) in [5.74, 6) is 1.000. The topological polar surface area (TPSA) is 59.6 Å². The average Bonchev–Trinajstić information content (AvgIpc) is 3.33. The molecule has 2 aromatic rings. The molecular weight excluding hydrogens is 468 g/mol. The molecule has 0 bridgehead atoms. The Balaban J connectivity index is 0.00000196. The van der Waals surface area contributed by atoms with E-state index in [0.29, 0.717) is 23.2 Å². The van der Waals surface area contributed by atoms with Crippen LogP contribution >= 0.6 is 35.6 Å². The van der Waals surface area contributed by atoms with Gasteiger partial charge in [0.05, 0.1) is 12.6 Å². The largest absolute Gasteiger partial charge is 0.493 e. The monoisotopic (exact) mass is 487 g/mol. The van der Waals surface area contributed by atoms with Crippen molar-refractivity contribution < 1.29 is 9.13 Å². The minimum absolute atomic E-state index is 0. The van der Waals surface area contributed by atoms with E-state index >= 15 is 0 Å². The molecule has 1 saturated carbocycles. The van der Waals surface area contributed by atoms with E-state index < -0.39 is 0 Å². The van der Waals surface area contributed by atoms with E-state index in [-0.39, 0.29) is 47.8 Å². The Morgan fingerprint density at radius 3 is 2.85 bits per heavy atom. The fraction of sp³-hybridized carbons (Fsp3) is 0.316. The summed E-state index contributed by atoms with van der Waals surface area (Å²) in [4.78, 5) is 4.61. The first-order chi connectivity index (χ1) is 12.1. The van der Waals surface area contributed by atoms with Gasteiger partial charge in [-0.2, -0.15) is 0 Å². The Morgan fingerprint density at radius 2 is 2.04 bits per heavy atom. The third-order valence-corrected chi connectivity index (χ3v) is 5.05. The van der Waals surface area contributed by atoms with Crippen LogP contribution in [0.5, 0.6) is 5.75 Å². The predicted octanol–water partition coefficient (Wildman–Crippen LogP) is 4.38. The van der Waals surface area contributed by atoms with Crippen molar-refractivity contribution >= 4 is 41.5 Å². The molecule has 0 aromatic heterocycles. The van der Waals surface area contributed by atoms with Gasteiger partial charge in [0.15, 0.2) is 5.96 Å². The SMILES string of the molecule is I.NC(=NC1CCOc2ccccc21)NC1CC1c1c(F)cccc1Cl. The maximum Gasteiger partial charge on any atom is 0.189 e. The van der Waals surface area contributed by atoms with Gasteiger partial charge in [0.25, 0.3) is 0 Å². The molecule has 0 amide bonds. The van der Waals surface area contributed by atoms with Crippen LogP contribution in [0, 0.1) is 5.82 Å². The summed E-state index contributed by atoms with van der Waals surface area (Å²) in [6.45, 7) is 0.620. The molecule has 7 heteroatoms. The number of benzene rings is 2. The van der Waals surface area contributed by atoms with Crippen molar-refractivity contribution in [3.8, 4) is 5.75 Å². The highest BCUT2D eigenvalue weighted by Gasteiger charge is 2.41. The summed E-state index contributed by atoms with van der Waals surface area (Å²) < 4.78 is 19.6. The van der Waals surface area contributed by atoms with Gasteiger partial charge in [0.1, 0.15) is 11.6 Å². The number of hydrogen-bond acceptors (Lipinski definition) is 2. The van der Waals surface area contributed by atoms with Gasteiger partial charge in [-0.15, -0.1) is 24.0 Å². The lowest BCUT2D eigenvalue weighted by Gasteiger charge is -2.23. The van der Waals surface area contributed by atoms with Gasteiger partial charge in [-0.05, 0) is 24.6 Å². The molecule has 0 spiro atoms. The van der Waals surface area contributed by atoms with Crippen molar-refractivity contribution in [2.75, 3.05) is 6.61 Å². The number of halogens is 3. The zero-order valence-electron chi connectivity index (χ0n) is 14.0. The second-order valence-electron chi connectivity index (χ2n) is 6.43. The zero-order chi connectivity index (χ0) is 17.4. The molecule has 1 fully saturated rings. The first-order valence-electron chi connectivity index (χ1n) is 8.39. The van der Waals surface area contributed by atoms with E-state index in [2.05, 4.69) is 10.3 Å². The summed E-state index contributed by atoms with van der Waals surface area (Å²) in [6, 6.07) is 12.7.